The third kappa shape index (κ3) is 2.33. The van der Waals surface area contributed by atoms with Crippen LogP contribution in [0.15, 0.2) is 22.7 Å². The van der Waals surface area contributed by atoms with Crippen LogP contribution >= 0.6 is 11.6 Å². The summed E-state index contributed by atoms with van der Waals surface area (Å²) < 4.78 is 5.10. The van der Waals surface area contributed by atoms with Crippen LogP contribution in [0.4, 0.5) is 0 Å². The summed E-state index contributed by atoms with van der Waals surface area (Å²) in [6.45, 7) is 3.75. The number of aromatic nitrogens is 2. The van der Waals surface area contributed by atoms with Crippen molar-refractivity contribution in [3.05, 3.63) is 34.6 Å². The highest BCUT2D eigenvalue weighted by Gasteiger charge is 2.16. The van der Waals surface area contributed by atoms with E-state index in [1.807, 2.05) is 32.0 Å². The van der Waals surface area contributed by atoms with Gasteiger partial charge in [0.1, 0.15) is 6.10 Å². The SMILES string of the molecule is CCC(O)c1noc(-c2cccc(C)c2Cl)n1. The number of hydrogen-bond acceptors (Lipinski definition) is 4. The summed E-state index contributed by atoms with van der Waals surface area (Å²) in [6.07, 6.45) is -0.156. The Kier molecular flexibility index (Phi) is 3.45. The van der Waals surface area contributed by atoms with Crippen molar-refractivity contribution in [3.63, 3.8) is 0 Å². The van der Waals surface area contributed by atoms with Crippen molar-refractivity contribution in [1.29, 1.82) is 0 Å². The number of aliphatic hydroxyl groups is 1. The molecule has 0 saturated heterocycles. The van der Waals surface area contributed by atoms with Gasteiger partial charge in [0.05, 0.1) is 10.6 Å². The normalized spacial score (nSPS) is 12.7. The Morgan fingerprint density at radius 1 is 1.47 bits per heavy atom. The first-order valence-corrected chi connectivity index (χ1v) is 5.78. The predicted molar refractivity (Wildman–Crippen MR) is 64.7 cm³/mol. The molecule has 17 heavy (non-hydrogen) atoms. The van der Waals surface area contributed by atoms with Gasteiger partial charge < -0.3 is 9.63 Å². The van der Waals surface area contributed by atoms with Crippen LogP contribution in [0, 0.1) is 6.92 Å². The van der Waals surface area contributed by atoms with Gasteiger partial charge in [-0.15, -0.1) is 0 Å². The van der Waals surface area contributed by atoms with Gasteiger partial charge in [-0.1, -0.05) is 35.8 Å². The van der Waals surface area contributed by atoms with E-state index in [4.69, 9.17) is 16.1 Å². The number of halogens is 1. The first-order valence-electron chi connectivity index (χ1n) is 5.40. The molecule has 1 unspecified atom stereocenters. The van der Waals surface area contributed by atoms with Crippen LogP contribution in [-0.2, 0) is 0 Å². The van der Waals surface area contributed by atoms with Crippen LogP contribution in [0.3, 0.4) is 0 Å². The second kappa shape index (κ2) is 4.85. The van der Waals surface area contributed by atoms with Gasteiger partial charge >= 0.3 is 0 Å². The highest BCUT2D eigenvalue weighted by Crippen LogP contribution is 2.29. The average Bonchev–Trinajstić information content (AvgIpc) is 2.81. The van der Waals surface area contributed by atoms with Crippen molar-refractivity contribution >= 4 is 11.6 Å². The number of hydrogen-bond donors (Lipinski definition) is 1. The van der Waals surface area contributed by atoms with Gasteiger partial charge in [0.25, 0.3) is 5.89 Å². The molecule has 0 radical (unpaired) electrons. The summed E-state index contributed by atoms with van der Waals surface area (Å²) >= 11 is 6.16. The van der Waals surface area contributed by atoms with Crippen LogP contribution in [0.2, 0.25) is 5.02 Å². The van der Waals surface area contributed by atoms with E-state index < -0.39 is 6.10 Å². The second-order valence-electron chi connectivity index (χ2n) is 3.82. The third-order valence-corrected chi connectivity index (χ3v) is 3.05. The molecular formula is C12H13ClN2O2. The van der Waals surface area contributed by atoms with Crippen molar-refractivity contribution < 1.29 is 9.63 Å². The fourth-order valence-corrected chi connectivity index (χ4v) is 1.68. The number of nitrogens with zero attached hydrogens (tertiary/aromatic N) is 2. The molecule has 1 heterocycles. The summed E-state index contributed by atoms with van der Waals surface area (Å²) in [4.78, 5) is 4.14. The Hall–Kier alpha value is -1.39. The quantitative estimate of drug-likeness (QED) is 0.912. The predicted octanol–water partition coefficient (Wildman–Crippen LogP) is 3.14. The van der Waals surface area contributed by atoms with Crippen molar-refractivity contribution in [1.82, 2.24) is 10.1 Å². The zero-order valence-electron chi connectivity index (χ0n) is 9.64. The zero-order valence-corrected chi connectivity index (χ0v) is 10.4. The molecule has 1 atom stereocenters. The minimum atomic E-state index is -0.698. The Morgan fingerprint density at radius 3 is 2.94 bits per heavy atom. The number of aliphatic hydroxyl groups excluding tert-OH is 1. The van der Waals surface area contributed by atoms with E-state index in [1.54, 1.807) is 0 Å². The largest absolute Gasteiger partial charge is 0.385 e. The molecule has 0 saturated carbocycles. The molecule has 2 aromatic rings. The Labute approximate surface area is 104 Å². The van der Waals surface area contributed by atoms with Gasteiger partial charge in [-0.3, -0.25) is 0 Å². The molecule has 2 rings (SSSR count). The summed E-state index contributed by atoms with van der Waals surface area (Å²) in [7, 11) is 0. The Bertz CT molecular complexity index is 525. The van der Waals surface area contributed by atoms with Gasteiger partial charge in [-0.2, -0.15) is 4.98 Å². The van der Waals surface area contributed by atoms with Gasteiger partial charge in [-0.05, 0) is 25.0 Å². The van der Waals surface area contributed by atoms with E-state index in [2.05, 4.69) is 10.1 Å². The smallest absolute Gasteiger partial charge is 0.259 e. The zero-order chi connectivity index (χ0) is 12.4. The maximum absolute atomic E-state index is 9.60. The first-order chi connectivity index (χ1) is 8.13. The molecule has 90 valence electrons. The number of aryl methyl sites for hydroxylation is 1. The first kappa shape index (κ1) is 12.1. The third-order valence-electron chi connectivity index (χ3n) is 2.55. The van der Waals surface area contributed by atoms with Gasteiger partial charge in [0.2, 0.25) is 5.82 Å². The highest BCUT2D eigenvalue weighted by atomic mass is 35.5. The molecule has 1 N–H and O–H groups in total. The highest BCUT2D eigenvalue weighted by molar-refractivity contribution is 6.33. The lowest BCUT2D eigenvalue weighted by molar-refractivity contribution is 0.159. The van der Waals surface area contributed by atoms with Gasteiger partial charge in [0.15, 0.2) is 0 Å². The number of benzene rings is 1. The van der Waals surface area contributed by atoms with E-state index in [0.717, 1.165) is 5.56 Å². The minimum absolute atomic E-state index is 0.292. The standard InChI is InChI=1S/C12H13ClN2O2/c1-3-9(16)11-14-12(17-15-11)8-6-4-5-7(2)10(8)13/h4-6,9,16H,3H2,1-2H3. The maximum atomic E-state index is 9.60. The Balaban J connectivity index is 2.40. The summed E-state index contributed by atoms with van der Waals surface area (Å²) in [5, 5.41) is 13.9. The molecule has 0 aliphatic heterocycles. The topological polar surface area (TPSA) is 59.2 Å². The van der Waals surface area contributed by atoms with Crippen LogP contribution < -0.4 is 0 Å². The summed E-state index contributed by atoms with van der Waals surface area (Å²) in [5.74, 6) is 0.626. The minimum Gasteiger partial charge on any atom is -0.385 e. The van der Waals surface area contributed by atoms with E-state index in [1.165, 1.54) is 0 Å². The fourth-order valence-electron chi connectivity index (χ4n) is 1.47. The number of rotatable bonds is 3. The van der Waals surface area contributed by atoms with Crippen LogP contribution in [-0.4, -0.2) is 15.2 Å². The maximum Gasteiger partial charge on any atom is 0.259 e. The summed E-state index contributed by atoms with van der Waals surface area (Å²) in [6, 6.07) is 5.59. The molecule has 0 aliphatic rings. The molecular weight excluding hydrogens is 240 g/mol. The van der Waals surface area contributed by atoms with Crippen LogP contribution in [0.25, 0.3) is 11.5 Å². The van der Waals surface area contributed by atoms with E-state index in [9.17, 15) is 5.11 Å². The lowest BCUT2D eigenvalue weighted by Crippen LogP contribution is -1.97. The van der Waals surface area contributed by atoms with Gasteiger partial charge in [-0.25, -0.2) is 0 Å². The van der Waals surface area contributed by atoms with Crippen molar-refractivity contribution in [2.24, 2.45) is 0 Å². The molecule has 0 spiro atoms. The van der Waals surface area contributed by atoms with Crippen molar-refractivity contribution in [2.45, 2.75) is 26.4 Å². The van der Waals surface area contributed by atoms with Gasteiger partial charge in [0, 0.05) is 0 Å². The van der Waals surface area contributed by atoms with E-state index in [0.29, 0.717) is 28.7 Å². The monoisotopic (exact) mass is 252 g/mol. The fraction of sp³-hybridized carbons (Fsp3) is 0.333. The van der Waals surface area contributed by atoms with E-state index >= 15 is 0 Å². The van der Waals surface area contributed by atoms with Crippen LogP contribution in [0.1, 0.15) is 30.8 Å². The van der Waals surface area contributed by atoms with Crippen LogP contribution in [0.5, 0.6) is 0 Å². The lowest BCUT2D eigenvalue weighted by Gasteiger charge is -2.01. The van der Waals surface area contributed by atoms with Crippen molar-refractivity contribution in [3.8, 4) is 11.5 Å². The lowest BCUT2D eigenvalue weighted by atomic mass is 10.1. The molecule has 0 bridgehead atoms. The summed E-state index contributed by atoms with van der Waals surface area (Å²) in [5.41, 5.74) is 1.63. The molecule has 0 amide bonds. The molecule has 4 nitrogen and oxygen atoms in total. The molecule has 1 aromatic carbocycles. The average molecular weight is 253 g/mol. The Morgan fingerprint density at radius 2 is 2.24 bits per heavy atom. The van der Waals surface area contributed by atoms with E-state index in [-0.39, 0.29) is 0 Å². The molecule has 0 aliphatic carbocycles. The molecule has 1 aromatic heterocycles. The second-order valence-corrected chi connectivity index (χ2v) is 4.20. The molecule has 5 heteroatoms. The molecule has 0 fully saturated rings. The van der Waals surface area contributed by atoms with Crippen molar-refractivity contribution in [2.75, 3.05) is 0 Å².